The summed E-state index contributed by atoms with van der Waals surface area (Å²) >= 11 is 1.43. The van der Waals surface area contributed by atoms with Crippen molar-refractivity contribution in [2.24, 2.45) is 0 Å². The van der Waals surface area contributed by atoms with Crippen LogP contribution in [0, 0.1) is 0 Å². The number of aromatic nitrogens is 3. The number of H-pyrrole nitrogens is 1. The zero-order chi connectivity index (χ0) is 21.3. The molecule has 30 heavy (non-hydrogen) atoms. The third-order valence-corrected chi connectivity index (χ3v) is 5.60. The van der Waals surface area contributed by atoms with Gasteiger partial charge in [-0.15, -0.1) is 11.3 Å². The summed E-state index contributed by atoms with van der Waals surface area (Å²) in [4.78, 5) is 46.0. The maximum Gasteiger partial charge on any atom is 0.330 e. The fraction of sp³-hybridized carbons (Fsp3) is 0.143. The van der Waals surface area contributed by atoms with E-state index in [9.17, 15) is 14.4 Å². The second-order valence-electron chi connectivity index (χ2n) is 6.65. The fourth-order valence-corrected chi connectivity index (χ4v) is 4.02. The highest BCUT2D eigenvalue weighted by Gasteiger charge is 2.24. The van der Waals surface area contributed by atoms with Crippen LogP contribution >= 0.6 is 11.3 Å². The van der Waals surface area contributed by atoms with Crippen molar-refractivity contribution in [3.05, 3.63) is 86.0 Å². The van der Waals surface area contributed by atoms with Gasteiger partial charge < -0.3 is 10.6 Å². The molecule has 0 bridgehead atoms. The number of carbonyl (C=O) groups is 1. The summed E-state index contributed by atoms with van der Waals surface area (Å²) in [6, 6.07) is 14.4. The van der Waals surface area contributed by atoms with Gasteiger partial charge in [-0.3, -0.25) is 19.1 Å². The van der Waals surface area contributed by atoms with E-state index in [1.54, 1.807) is 30.6 Å². The molecule has 152 valence electrons. The lowest BCUT2D eigenvalue weighted by Gasteiger charge is -2.23. The summed E-state index contributed by atoms with van der Waals surface area (Å²) in [7, 11) is 0. The van der Waals surface area contributed by atoms with Crippen LogP contribution in [0.2, 0.25) is 0 Å². The van der Waals surface area contributed by atoms with Gasteiger partial charge in [0.2, 0.25) is 0 Å². The summed E-state index contributed by atoms with van der Waals surface area (Å²) in [5.41, 5.74) is 8.64. The Morgan fingerprint density at radius 3 is 2.70 bits per heavy atom. The maximum atomic E-state index is 13.2. The maximum absolute atomic E-state index is 13.2. The molecular weight excluding hydrogens is 402 g/mol. The van der Waals surface area contributed by atoms with Crippen LogP contribution in [-0.4, -0.2) is 27.0 Å². The number of hydrogen-bond donors (Lipinski definition) is 2. The van der Waals surface area contributed by atoms with E-state index in [2.05, 4.69) is 9.97 Å². The molecule has 9 heteroatoms. The zero-order valence-electron chi connectivity index (χ0n) is 16.2. The summed E-state index contributed by atoms with van der Waals surface area (Å²) in [6.07, 6.45) is 0. The van der Waals surface area contributed by atoms with E-state index in [4.69, 9.17) is 5.73 Å². The topological polar surface area (TPSA) is 114 Å². The monoisotopic (exact) mass is 421 g/mol. The van der Waals surface area contributed by atoms with Gasteiger partial charge in [0.25, 0.3) is 11.5 Å². The van der Waals surface area contributed by atoms with Crippen molar-refractivity contribution >= 4 is 39.0 Å². The van der Waals surface area contributed by atoms with Crippen LogP contribution < -0.4 is 21.9 Å². The van der Waals surface area contributed by atoms with Gasteiger partial charge in [-0.2, -0.15) is 0 Å². The molecule has 0 atom stereocenters. The number of amides is 1. The van der Waals surface area contributed by atoms with Gasteiger partial charge in [0, 0.05) is 12.1 Å². The number of nitrogen functional groups attached to an aromatic ring is 1. The molecule has 8 nitrogen and oxygen atoms in total. The lowest BCUT2D eigenvalue weighted by atomic mass is 10.1. The highest BCUT2D eigenvalue weighted by atomic mass is 32.1. The first-order valence-electron chi connectivity index (χ1n) is 9.31. The van der Waals surface area contributed by atoms with Gasteiger partial charge >= 0.3 is 5.69 Å². The molecule has 3 N–H and O–H groups in total. The van der Waals surface area contributed by atoms with Crippen LogP contribution in [0.4, 0.5) is 11.5 Å². The first kappa shape index (κ1) is 19.6. The van der Waals surface area contributed by atoms with Gasteiger partial charge in [-0.05, 0) is 30.7 Å². The average molecular weight is 421 g/mol. The smallest absolute Gasteiger partial charge is 0.330 e. The minimum atomic E-state index is -0.698. The van der Waals surface area contributed by atoms with Crippen LogP contribution in [0.3, 0.4) is 0 Å². The van der Waals surface area contributed by atoms with Crippen LogP contribution in [0.1, 0.15) is 22.8 Å². The molecule has 0 radical (unpaired) electrons. The van der Waals surface area contributed by atoms with E-state index < -0.39 is 11.2 Å². The van der Waals surface area contributed by atoms with E-state index in [1.165, 1.54) is 20.8 Å². The first-order valence-corrected chi connectivity index (χ1v) is 10.2. The molecule has 1 amide bonds. The third kappa shape index (κ3) is 3.50. The van der Waals surface area contributed by atoms with Gasteiger partial charge in [0.15, 0.2) is 5.69 Å². The Labute approximate surface area is 175 Å². The number of rotatable bonds is 5. The van der Waals surface area contributed by atoms with Crippen molar-refractivity contribution in [3.63, 3.8) is 0 Å². The van der Waals surface area contributed by atoms with Gasteiger partial charge in [0.05, 0.1) is 22.3 Å². The Hall–Kier alpha value is -3.72. The van der Waals surface area contributed by atoms with Crippen molar-refractivity contribution in [2.45, 2.75) is 13.5 Å². The minimum absolute atomic E-state index is 0.0394. The second kappa shape index (κ2) is 7.96. The van der Waals surface area contributed by atoms with Crippen molar-refractivity contribution in [1.29, 1.82) is 0 Å². The molecule has 2 heterocycles. The molecule has 0 saturated heterocycles. The number of carbonyl (C=O) groups excluding carboxylic acids is 1. The summed E-state index contributed by atoms with van der Waals surface area (Å²) in [5, 5.41) is 0. The number of fused-ring (bicyclic) bond motifs is 1. The number of benzene rings is 2. The first-order chi connectivity index (χ1) is 14.5. The Morgan fingerprint density at radius 1 is 1.20 bits per heavy atom. The molecule has 4 rings (SSSR count). The highest BCUT2D eigenvalue weighted by molar-refractivity contribution is 7.16. The number of nitrogens with two attached hydrogens (primary N) is 1. The van der Waals surface area contributed by atoms with Crippen molar-refractivity contribution in [2.75, 3.05) is 17.2 Å². The molecule has 0 saturated carbocycles. The number of anilines is 2. The molecule has 0 aliphatic rings. The third-order valence-electron chi connectivity index (χ3n) is 4.81. The normalized spacial score (nSPS) is 11.0. The van der Waals surface area contributed by atoms with Crippen molar-refractivity contribution in [1.82, 2.24) is 14.5 Å². The number of nitrogens with zero attached hydrogens (tertiary/aromatic N) is 3. The second-order valence-corrected chi connectivity index (χ2v) is 7.54. The molecule has 0 aliphatic carbocycles. The van der Waals surface area contributed by atoms with E-state index in [-0.39, 0.29) is 30.5 Å². The minimum Gasteiger partial charge on any atom is -0.383 e. The van der Waals surface area contributed by atoms with Gasteiger partial charge in [0.1, 0.15) is 5.82 Å². The molecule has 0 spiro atoms. The Bertz CT molecular complexity index is 1340. The molecule has 0 fully saturated rings. The van der Waals surface area contributed by atoms with E-state index >= 15 is 0 Å². The molecule has 2 aromatic carbocycles. The van der Waals surface area contributed by atoms with Gasteiger partial charge in [-0.25, -0.2) is 9.78 Å². The molecular formula is C21H19N5O3S. The predicted molar refractivity (Wildman–Crippen MR) is 118 cm³/mol. The van der Waals surface area contributed by atoms with E-state index in [1.807, 2.05) is 30.3 Å². The number of hydrogen-bond acceptors (Lipinski definition) is 6. The van der Waals surface area contributed by atoms with E-state index in [0.29, 0.717) is 5.56 Å². The van der Waals surface area contributed by atoms with Crippen molar-refractivity contribution < 1.29 is 4.79 Å². The Kier molecular flexibility index (Phi) is 5.20. The van der Waals surface area contributed by atoms with Crippen LogP contribution in [0.15, 0.2) is 63.6 Å². The standard InChI is InChI=1S/C21H19N5O3S/c1-2-25(20(28)14-8-9-15-16(10-14)30-12-23-15)17-18(22)26(21(29)24-19(17)27)11-13-6-4-3-5-7-13/h3-10,12H,2,11,22H2,1H3,(H,24,27,29). The molecule has 2 aromatic heterocycles. The average Bonchev–Trinajstić information content (AvgIpc) is 3.22. The van der Waals surface area contributed by atoms with E-state index in [0.717, 1.165) is 15.8 Å². The zero-order valence-corrected chi connectivity index (χ0v) is 17.0. The van der Waals surface area contributed by atoms with Crippen LogP contribution in [0.5, 0.6) is 0 Å². The molecule has 0 aliphatic heterocycles. The lowest BCUT2D eigenvalue weighted by Crippen LogP contribution is -2.41. The van der Waals surface area contributed by atoms with Gasteiger partial charge in [-0.1, -0.05) is 30.3 Å². The Balaban J connectivity index is 1.78. The lowest BCUT2D eigenvalue weighted by molar-refractivity contribution is 0.0988. The SMILES string of the molecule is CCN(C(=O)c1ccc2ncsc2c1)c1c(N)n(Cc2ccccc2)c(=O)[nH]c1=O. The predicted octanol–water partition coefficient (Wildman–Crippen LogP) is 2.44. The van der Waals surface area contributed by atoms with Crippen molar-refractivity contribution in [3.8, 4) is 0 Å². The molecule has 0 unspecified atom stereocenters. The number of thiazole rings is 1. The van der Waals surface area contributed by atoms with Crippen LogP contribution in [0.25, 0.3) is 10.2 Å². The van der Waals surface area contributed by atoms with Crippen LogP contribution in [-0.2, 0) is 6.54 Å². The summed E-state index contributed by atoms with van der Waals surface area (Å²) < 4.78 is 2.13. The highest BCUT2D eigenvalue weighted by Crippen LogP contribution is 2.23. The molecule has 4 aromatic rings. The quantitative estimate of drug-likeness (QED) is 0.514. The fourth-order valence-electron chi connectivity index (χ4n) is 3.31. The largest absolute Gasteiger partial charge is 0.383 e. The number of aromatic amines is 1. The number of nitrogens with one attached hydrogen (secondary N) is 1. The summed E-state index contributed by atoms with van der Waals surface area (Å²) in [5.74, 6) is -0.434. The summed E-state index contributed by atoms with van der Waals surface area (Å²) in [6.45, 7) is 2.12. The Morgan fingerprint density at radius 2 is 1.97 bits per heavy atom.